The van der Waals surface area contributed by atoms with Gasteiger partial charge in [-0.05, 0) is 20.8 Å². The SMILES string of the molecule is C=C(C)C(=O)OCCCOP(=O)(OCC)OCC. The van der Waals surface area contributed by atoms with Gasteiger partial charge in [-0.3, -0.25) is 13.6 Å². The van der Waals surface area contributed by atoms with Crippen molar-refractivity contribution < 1.29 is 27.7 Å². The van der Waals surface area contributed by atoms with E-state index in [0.717, 1.165) is 0 Å². The number of carbonyl (C=O) groups is 1. The van der Waals surface area contributed by atoms with E-state index in [4.69, 9.17) is 18.3 Å². The molecular weight excluding hydrogens is 259 g/mol. The van der Waals surface area contributed by atoms with Crippen molar-refractivity contribution >= 4 is 13.8 Å². The minimum Gasteiger partial charge on any atom is -0.462 e. The zero-order valence-corrected chi connectivity index (χ0v) is 12.0. The molecule has 0 bridgehead atoms. The van der Waals surface area contributed by atoms with E-state index in [0.29, 0.717) is 12.0 Å². The van der Waals surface area contributed by atoms with Crippen LogP contribution in [-0.2, 0) is 27.7 Å². The number of carbonyl (C=O) groups excluding carboxylic acids is 1. The van der Waals surface area contributed by atoms with Crippen LogP contribution in [0.1, 0.15) is 27.2 Å². The lowest BCUT2D eigenvalue weighted by Gasteiger charge is -2.16. The van der Waals surface area contributed by atoms with E-state index in [1.54, 1.807) is 20.8 Å². The van der Waals surface area contributed by atoms with Gasteiger partial charge in [-0.1, -0.05) is 6.58 Å². The Bertz CT molecular complexity index is 305. The Labute approximate surface area is 108 Å². The van der Waals surface area contributed by atoms with Crippen LogP contribution in [0.3, 0.4) is 0 Å². The van der Waals surface area contributed by atoms with Crippen LogP contribution in [0.4, 0.5) is 0 Å². The number of hydrogen-bond acceptors (Lipinski definition) is 6. The second-order valence-electron chi connectivity index (χ2n) is 3.39. The van der Waals surface area contributed by atoms with Crippen LogP contribution < -0.4 is 0 Å². The highest BCUT2D eigenvalue weighted by atomic mass is 31.2. The van der Waals surface area contributed by atoms with Crippen LogP contribution in [-0.4, -0.2) is 32.4 Å². The van der Waals surface area contributed by atoms with Crippen LogP contribution in [0.2, 0.25) is 0 Å². The van der Waals surface area contributed by atoms with Crippen molar-refractivity contribution in [3.05, 3.63) is 12.2 Å². The first-order valence-corrected chi connectivity index (χ1v) is 7.27. The fourth-order valence-corrected chi connectivity index (χ4v) is 2.16. The van der Waals surface area contributed by atoms with Crippen LogP contribution in [0, 0.1) is 0 Å². The summed E-state index contributed by atoms with van der Waals surface area (Å²) in [5, 5.41) is 0. The third-order valence-corrected chi connectivity index (χ3v) is 3.34. The zero-order chi connectivity index (χ0) is 14.0. The van der Waals surface area contributed by atoms with Crippen LogP contribution in [0.15, 0.2) is 12.2 Å². The van der Waals surface area contributed by atoms with Crippen molar-refractivity contribution in [3.8, 4) is 0 Å². The maximum absolute atomic E-state index is 11.8. The monoisotopic (exact) mass is 280 g/mol. The summed E-state index contributed by atoms with van der Waals surface area (Å²) < 4.78 is 31.6. The fraction of sp³-hybridized carbons (Fsp3) is 0.727. The van der Waals surface area contributed by atoms with Crippen LogP contribution >= 0.6 is 7.82 Å². The van der Waals surface area contributed by atoms with Gasteiger partial charge in [-0.15, -0.1) is 0 Å². The molecule has 0 amide bonds. The largest absolute Gasteiger partial charge is 0.474 e. The van der Waals surface area contributed by atoms with Crippen molar-refractivity contribution in [1.82, 2.24) is 0 Å². The zero-order valence-electron chi connectivity index (χ0n) is 11.1. The second-order valence-corrected chi connectivity index (χ2v) is 5.05. The van der Waals surface area contributed by atoms with E-state index >= 15 is 0 Å². The summed E-state index contributed by atoms with van der Waals surface area (Å²) >= 11 is 0. The molecular formula is C11H21O6P. The Balaban J connectivity index is 3.84. The van der Waals surface area contributed by atoms with Gasteiger partial charge in [0.2, 0.25) is 0 Å². The summed E-state index contributed by atoms with van der Waals surface area (Å²) in [5.74, 6) is -0.451. The van der Waals surface area contributed by atoms with Crippen molar-refractivity contribution in [1.29, 1.82) is 0 Å². The first-order valence-electron chi connectivity index (χ1n) is 5.81. The normalized spacial score (nSPS) is 11.3. The maximum Gasteiger partial charge on any atom is 0.474 e. The smallest absolute Gasteiger partial charge is 0.462 e. The highest BCUT2D eigenvalue weighted by Gasteiger charge is 2.24. The van der Waals surface area contributed by atoms with Gasteiger partial charge in [0.25, 0.3) is 0 Å². The standard InChI is InChI=1S/C11H21O6P/c1-5-15-18(13,16-6-2)17-9-7-8-14-11(12)10(3)4/h3,5-9H2,1-2,4H3. The van der Waals surface area contributed by atoms with E-state index in [-0.39, 0.29) is 26.4 Å². The Morgan fingerprint density at radius 2 is 1.67 bits per heavy atom. The van der Waals surface area contributed by atoms with Gasteiger partial charge in [0.05, 0.1) is 26.4 Å². The van der Waals surface area contributed by atoms with Gasteiger partial charge in [-0.25, -0.2) is 9.36 Å². The molecule has 0 aliphatic carbocycles. The molecule has 0 heterocycles. The molecule has 0 atom stereocenters. The molecule has 0 unspecified atom stereocenters. The number of hydrogen-bond donors (Lipinski definition) is 0. The second kappa shape index (κ2) is 9.28. The van der Waals surface area contributed by atoms with Crippen LogP contribution in [0.5, 0.6) is 0 Å². The highest BCUT2D eigenvalue weighted by molar-refractivity contribution is 7.48. The summed E-state index contributed by atoms with van der Waals surface area (Å²) in [7, 11) is -3.46. The summed E-state index contributed by atoms with van der Waals surface area (Å²) in [5.41, 5.74) is 0.338. The Kier molecular flexibility index (Phi) is 8.93. The van der Waals surface area contributed by atoms with Crippen LogP contribution in [0.25, 0.3) is 0 Å². The van der Waals surface area contributed by atoms with Gasteiger partial charge in [-0.2, -0.15) is 0 Å². The summed E-state index contributed by atoms with van der Waals surface area (Å²) in [6, 6.07) is 0. The lowest BCUT2D eigenvalue weighted by molar-refractivity contribution is -0.139. The third-order valence-electron chi connectivity index (χ3n) is 1.69. The molecule has 0 saturated heterocycles. The quantitative estimate of drug-likeness (QED) is 0.265. The molecule has 0 aromatic carbocycles. The number of phosphoric acid groups is 1. The lowest BCUT2D eigenvalue weighted by atomic mass is 10.4. The van der Waals surface area contributed by atoms with Gasteiger partial charge in [0, 0.05) is 12.0 Å². The number of ether oxygens (including phenoxy) is 1. The fourth-order valence-electron chi connectivity index (χ4n) is 0.951. The maximum atomic E-state index is 11.8. The number of rotatable bonds is 10. The van der Waals surface area contributed by atoms with Crippen molar-refractivity contribution in [2.45, 2.75) is 27.2 Å². The number of phosphoric ester groups is 1. The van der Waals surface area contributed by atoms with Gasteiger partial charge in [0.1, 0.15) is 0 Å². The Morgan fingerprint density at radius 1 is 1.11 bits per heavy atom. The summed E-state index contributed by atoms with van der Waals surface area (Å²) in [4.78, 5) is 11.0. The Hall–Kier alpha value is -0.680. The van der Waals surface area contributed by atoms with E-state index in [1.807, 2.05) is 0 Å². The third kappa shape index (κ3) is 7.61. The van der Waals surface area contributed by atoms with Gasteiger partial charge >= 0.3 is 13.8 Å². The molecule has 0 radical (unpaired) electrons. The number of esters is 1. The van der Waals surface area contributed by atoms with E-state index in [2.05, 4.69) is 6.58 Å². The van der Waals surface area contributed by atoms with Crippen molar-refractivity contribution in [2.75, 3.05) is 26.4 Å². The topological polar surface area (TPSA) is 71.1 Å². The van der Waals surface area contributed by atoms with Crippen molar-refractivity contribution in [3.63, 3.8) is 0 Å². The molecule has 0 aliphatic rings. The van der Waals surface area contributed by atoms with Gasteiger partial charge < -0.3 is 4.74 Å². The molecule has 0 spiro atoms. The van der Waals surface area contributed by atoms with E-state index in [9.17, 15) is 9.36 Å². The molecule has 0 aromatic rings. The first-order chi connectivity index (χ1) is 8.45. The van der Waals surface area contributed by atoms with Gasteiger partial charge in [0.15, 0.2) is 0 Å². The first kappa shape index (κ1) is 17.3. The molecule has 0 aliphatic heterocycles. The minimum atomic E-state index is -3.46. The average molecular weight is 280 g/mol. The van der Waals surface area contributed by atoms with E-state index < -0.39 is 13.8 Å². The molecule has 6 nitrogen and oxygen atoms in total. The summed E-state index contributed by atoms with van der Waals surface area (Å²) in [6.07, 6.45) is 0.406. The molecule has 0 rings (SSSR count). The predicted octanol–water partition coefficient (Wildman–Crippen LogP) is 2.69. The molecule has 106 valence electrons. The lowest BCUT2D eigenvalue weighted by Crippen LogP contribution is -2.08. The Morgan fingerprint density at radius 3 is 2.11 bits per heavy atom. The minimum absolute atomic E-state index is 0.126. The predicted molar refractivity (Wildman–Crippen MR) is 67.2 cm³/mol. The molecule has 18 heavy (non-hydrogen) atoms. The molecule has 0 fully saturated rings. The average Bonchev–Trinajstić information content (AvgIpc) is 2.28. The van der Waals surface area contributed by atoms with Crippen molar-refractivity contribution in [2.24, 2.45) is 0 Å². The highest BCUT2D eigenvalue weighted by Crippen LogP contribution is 2.49. The molecule has 7 heteroatoms. The van der Waals surface area contributed by atoms with E-state index in [1.165, 1.54) is 0 Å². The molecule has 0 aromatic heterocycles. The summed E-state index contributed by atoms with van der Waals surface area (Å²) in [6.45, 7) is 9.19. The molecule has 0 N–H and O–H groups in total. The molecule has 0 saturated carbocycles.